The Morgan fingerprint density at radius 1 is 1.53 bits per heavy atom. The second-order valence-electron chi connectivity index (χ2n) is 4.66. The van der Waals surface area contributed by atoms with Gasteiger partial charge in [0.25, 0.3) is 0 Å². The van der Waals surface area contributed by atoms with E-state index in [2.05, 4.69) is 10.6 Å². The van der Waals surface area contributed by atoms with Crippen LogP contribution in [0.4, 0.5) is 0 Å². The molecule has 1 heterocycles. The summed E-state index contributed by atoms with van der Waals surface area (Å²) in [6.45, 7) is 2.79. The Labute approximate surface area is 118 Å². The van der Waals surface area contributed by atoms with Crippen LogP contribution in [0.25, 0.3) is 0 Å². The molecule has 0 aliphatic carbocycles. The first-order chi connectivity index (χ1) is 9.24. The number of ether oxygens (including phenoxy) is 1. The normalized spacial score (nSPS) is 19.1. The molecule has 0 saturated carbocycles. The molecule has 1 saturated heterocycles. The number of carbonyl (C=O) groups is 1. The van der Waals surface area contributed by atoms with E-state index in [-0.39, 0.29) is 11.9 Å². The van der Waals surface area contributed by atoms with Crippen LogP contribution in [0.5, 0.6) is 0 Å². The summed E-state index contributed by atoms with van der Waals surface area (Å²) in [6, 6.07) is 7.83. The van der Waals surface area contributed by atoms with Gasteiger partial charge in [0, 0.05) is 30.6 Å². The number of hydrogen-bond acceptors (Lipinski definition) is 3. The second-order valence-corrected chi connectivity index (χ2v) is 5.10. The van der Waals surface area contributed by atoms with Crippen molar-refractivity contribution in [3.05, 3.63) is 34.9 Å². The van der Waals surface area contributed by atoms with Crippen LogP contribution in [-0.4, -0.2) is 38.3 Å². The summed E-state index contributed by atoms with van der Waals surface area (Å²) in [5.74, 6) is 0.0602. The Morgan fingerprint density at radius 2 is 2.42 bits per heavy atom. The maximum atomic E-state index is 11.7. The predicted octanol–water partition coefficient (Wildman–Crippen LogP) is 1.38. The van der Waals surface area contributed by atoms with Crippen molar-refractivity contribution in [2.45, 2.75) is 18.9 Å². The van der Waals surface area contributed by atoms with E-state index < -0.39 is 0 Å². The highest BCUT2D eigenvalue weighted by Gasteiger charge is 2.16. The van der Waals surface area contributed by atoms with Crippen LogP contribution in [0.2, 0.25) is 5.02 Å². The van der Waals surface area contributed by atoms with Crippen LogP contribution in [0.15, 0.2) is 24.3 Å². The molecule has 1 amide bonds. The smallest absolute Gasteiger partial charge is 0.221 e. The highest BCUT2D eigenvalue weighted by atomic mass is 35.5. The van der Waals surface area contributed by atoms with Gasteiger partial charge in [-0.25, -0.2) is 0 Å². The molecule has 0 aromatic heterocycles. The lowest BCUT2D eigenvalue weighted by molar-refractivity contribution is -0.122. The van der Waals surface area contributed by atoms with Crippen molar-refractivity contribution < 1.29 is 9.53 Å². The van der Waals surface area contributed by atoms with E-state index in [1.165, 1.54) is 0 Å². The summed E-state index contributed by atoms with van der Waals surface area (Å²) >= 11 is 5.91. The number of carbonyl (C=O) groups excluding carboxylic acids is 1. The molecule has 1 aromatic carbocycles. The molecular formula is C14H19ClN2O2. The highest BCUT2D eigenvalue weighted by Crippen LogP contribution is 2.10. The van der Waals surface area contributed by atoms with Gasteiger partial charge < -0.3 is 15.4 Å². The molecule has 0 bridgehead atoms. The van der Waals surface area contributed by atoms with Crippen molar-refractivity contribution in [2.75, 3.05) is 26.3 Å². The number of amides is 1. The summed E-state index contributed by atoms with van der Waals surface area (Å²) < 4.78 is 5.31. The number of nitrogens with one attached hydrogen (secondary N) is 2. The summed E-state index contributed by atoms with van der Waals surface area (Å²) in [5, 5.41) is 6.91. The van der Waals surface area contributed by atoms with Crippen LogP contribution >= 0.6 is 11.6 Å². The zero-order chi connectivity index (χ0) is 13.5. The summed E-state index contributed by atoms with van der Waals surface area (Å²) in [7, 11) is 0. The molecule has 1 aliphatic heterocycles. The summed E-state index contributed by atoms with van der Waals surface area (Å²) in [6.07, 6.45) is 1.26. The SMILES string of the molecule is O=C(CC1COCCN1)NCCc1cccc(Cl)c1. The fourth-order valence-corrected chi connectivity index (χ4v) is 2.30. The van der Waals surface area contributed by atoms with Gasteiger partial charge in [0.1, 0.15) is 0 Å². The Hall–Kier alpha value is -1.10. The molecule has 104 valence electrons. The average Bonchev–Trinajstić information content (AvgIpc) is 2.40. The number of hydrogen-bond donors (Lipinski definition) is 2. The Balaban J connectivity index is 1.66. The molecule has 2 rings (SSSR count). The number of rotatable bonds is 5. The van der Waals surface area contributed by atoms with Gasteiger partial charge in [-0.05, 0) is 24.1 Å². The topological polar surface area (TPSA) is 50.4 Å². The van der Waals surface area contributed by atoms with E-state index in [1.54, 1.807) is 0 Å². The predicted molar refractivity (Wildman–Crippen MR) is 75.4 cm³/mol. The minimum Gasteiger partial charge on any atom is -0.378 e. The molecule has 0 spiro atoms. The molecule has 19 heavy (non-hydrogen) atoms. The van der Waals surface area contributed by atoms with E-state index in [0.717, 1.165) is 30.2 Å². The van der Waals surface area contributed by atoms with Crippen LogP contribution in [0.1, 0.15) is 12.0 Å². The van der Waals surface area contributed by atoms with Gasteiger partial charge >= 0.3 is 0 Å². The molecule has 1 atom stereocenters. The van der Waals surface area contributed by atoms with E-state index >= 15 is 0 Å². The molecular weight excluding hydrogens is 264 g/mol. The summed E-state index contributed by atoms with van der Waals surface area (Å²) in [4.78, 5) is 11.7. The van der Waals surface area contributed by atoms with E-state index in [4.69, 9.17) is 16.3 Å². The lowest BCUT2D eigenvalue weighted by Crippen LogP contribution is -2.44. The molecule has 1 aromatic rings. The Bertz CT molecular complexity index is 420. The van der Waals surface area contributed by atoms with Gasteiger partial charge in [-0.15, -0.1) is 0 Å². The third kappa shape index (κ3) is 5.19. The van der Waals surface area contributed by atoms with Crippen molar-refractivity contribution in [1.82, 2.24) is 10.6 Å². The first-order valence-electron chi connectivity index (χ1n) is 6.56. The maximum Gasteiger partial charge on any atom is 0.221 e. The fourth-order valence-electron chi connectivity index (χ4n) is 2.09. The molecule has 1 unspecified atom stereocenters. The van der Waals surface area contributed by atoms with Gasteiger partial charge in [-0.2, -0.15) is 0 Å². The van der Waals surface area contributed by atoms with Crippen molar-refractivity contribution in [3.8, 4) is 0 Å². The second kappa shape index (κ2) is 7.48. The van der Waals surface area contributed by atoms with Gasteiger partial charge in [0.15, 0.2) is 0 Å². The summed E-state index contributed by atoms with van der Waals surface area (Å²) in [5.41, 5.74) is 1.13. The van der Waals surface area contributed by atoms with Crippen LogP contribution in [-0.2, 0) is 16.0 Å². The van der Waals surface area contributed by atoms with Crippen LogP contribution in [0, 0.1) is 0 Å². The van der Waals surface area contributed by atoms with Crippen LogP contribution in [0.3, 0.4) is 0 Å². The standard InChI is InChI=1S/C14H19ClN2O2/c15-12-3-1-2-11(8-12)4-5-17-14(18)9-13-10-19-7-6-16-13/h1-3,8,13,16H,4-7,9-10H2,(H,17,18). The molecule has 4 nitrogen and oxygen atoms in total. The van der Waals surface area contributed by atoms with E-state index in [0.29, 0.717) is 19.6 Å². The minimum atomic E-state index is 0.0602. The lowest BCUT2D eigenvalue weighted by atomic mass is 10.1. The average molecular weight is 283 g/mol. The third-order valence-electron chi connectivity index (χ3n) is 3.06. The van der Waals surface area contributed by atoms with E-state index in [9.17, 15) is 4.79 Å². The number of halogens is 1. The lowest BCUT2D eigenvalue weighted by Gasteiger charge is -2.23. The van der Waals surface area contributed by atoms with Gasteiger partial charge in [0.05, 0.1) is 13.2 Å². The van der Waals surface area contributed by atoms with Crippen molar-refractivity contribution in [3.63, 3.8) is 0 Å². The van der Waals surface area contributed by atoms with Crippen LogP contribution < -0.4 is 10.6 Å². The molecule has 1 aliphatic rings. The van der Waals surface area contributed by atoms with Gasteiger partial charge in [0.2, 0.25) is 5.91 Å². The largest absolute Gasteiger partial charge is 0.378 e. The zero-order valence-corrected chi connectivity index (χ0v) is 11.6. The maximum absolute atomic E-state index is 11.7. The molecule has 2 N–H and O–H groups in total. The highest BCUT2D eigenvalue weighted by molar-refractivity contribution is 6.30. The molecule has 0 radical (unpaired) electrons. The minimum absolute atomic E-state index is 0.0602. The molecule has 5 heteroatoms. The Kier molecular flexibility index (Phi) is 5.63. The van der Waals surface area contributed by atoms with Crippen molar-refractivity contribution >= 4 is 17.5 Å². The van der Waals surface area contributed by atoms with Crippen molar-refractivity contribution in [2.24, 2.45) is 0 Å². The first kappa shape index (κ1) is 14.3. The number of benzene rings is 1. The monoisotopic (exact) mass is 282 g/mol. The van der Waals surface area contributed by atoms with E-state index in [1.807, 2.05) is 24.3 Å². The molecule has 1 fully saturated rings. The fraction of sp³-hybridized carbons (Fsp3) is 0.500. The third-order valence-corrected chi connectivity index (χ3v) is 3.29. The number of morpholine rings is 1. The first-order valence-corrected chi connectivity index (χ1v) is 6.94. The van der Waals surface area contributed by atoms with Crippen molar-refractivity contribution in [1.29, 1.82) is 0 Å². The Morgan fingerprint density at radius 3 is 3.16 bits per heavy atom. The quantitative estimate of drug-likeness (QED) is 0.858. The van der Waals surface area contributed by atoms with Gasteiger partial charge in [-0.3, -0.25) is 4.79 Å². The van der Waals surface area contributed by atoms with Gasteiger partial charge in [-0.1, -0.05) is 23.7 Å². The zero-order valence-electron chi connectivity index (χ0n) is 10.8.